The molecule has 1 aromatic heterocycles. The van der Waals surface area contributed by atoms with E-state index in [1.165, 1.54) is 5.56 Å². The predicted octanol–water partition coefficient (Wildman–Crippen LogP) is 3.24. The minimum absolute atomic E-state index is 0.643. The van der Waals surface area contributed by atoms with Crippen LogP contribution in [0.3, 0.4) is 0 Å². The average molecular weight is 184 g/mol. The number of halogens is 1. The van der Waals surface area contributed by atoms with Crippen LogP contribution in [0, 0.1) is 12.8 Å². The number of nitrogens with zero attached hydrogens (tertiary/aromatic N) is 1. The Bertz CT molecular complexity index is 269. The molecule has 0 unspecified atom stereocenters. The van der Waals surface area contributed by atoms with Crippen LogP contribution in [0.1, 0.15) is 25.1 Å². The van der Waals surface area contributed by atoms with Gasteiger partial charge < -0.3 is 0 Å². The minimum atomic E-state index is 0.643. The third-order valence-corrected chi connectivity index (χ3v) is 2.29. The molecular weight excluding hydrogens is 170 g/mol. The van der Waals surface area contributed by atoms with Gasteiger partial charge in [0.25, 0.3) is 0 Å². The zero-order valence-electron chi connectivity index (χ0n) is 7.76. The Morgan fingerprint density at radius 3 is 2.75 bits per heavy atom. The summed E-state index contributed by atoms with van der Waals surface area (Å²) in [6, 6.07) is 2.00. The van der Waals surface area contributed by atoms with Gasteiger partial charge in [0.05, 0.1) is 10.7 Å². The standard InChI is InChI=1S/C10H14ClN/c1-7(2)6-9-4-5-12-8(3)10(9)11/h4-5,7H,6H2,1-3H3. The van der Waals surface area contributed by atoms with Crippen LogP contribution < -0.4 is 0 Å². The van der Waals surface area contributed by atoms with Crippen molar-refractivity contribution in [3.05, 3.63) is 28.5 Å². The summed E-state index contributed by atoms with van der Waals surface area (Å²) in [5, 5.41) is 0.825. The van der Waals surface area contributed by atoms with Crippen LogP contribution in [0.25, 0.3) is 0 Å². The number of aryl methyl sites for hydroxylation is 1. The first-order valence-corrected chi connectivity index (χ1v) is 4.59. The Hall–Kier alpha value is -0.560. The lowest BCUT2D eigenvalue weighted by Gasteiger charge is -2.07. The maximum atomic E-state index is 6.07. The van der Waals surface area contributed by atoms with E-state index in [1.54, 1.807) is 0 Å². The van der Waals surface area contributed by atoms with E-state index < -0.39 is 0 Å². The minimum Gasteiger partial charge on any atom is -0.260 e. The van der Waals surface area contributed by atoms with Crippen molar-refractivity contribution in [3.8, 4) is 0 Å². The van der Waals surface area contributed by atoms with Gasteiger partial charge in [0.15, 0.2) is 0 Å². The number of rotatable bonds is 2. The molecule has 0 aliphatic heterocycles. The number of aromatic nitrogens is 1. The van der Waals surface area contributed by atoms with Crippen molar-refractivity contribution >= 4 is 11.6 Å². The van der Waals surface area contributed by atoms with E-state index in [4.69, 9.17) is 11.6 Å². The SMILES string of the molecule is Cc1nccc(CC(C)C)c1Cl. The van der Waals surface area contributed by atoms with Gasteiger partial charge in [-0.2, -0.15) is 0 Å². The highest BCUT2D eigenvalue weighted by Gasteiger charge is 2.04. The normalized spacial score (nSPS) is 10.8. The van der Waals surface area contributed by atoms with Crippen molar-refractivity contribution in [3.63, 3.8) is 0 Å². The topological polar surface area (TPSA) is 12.9 Å². The molecule has 0 N–H and O–H groups in total. The quantitative estimate of drug-likeness (QED) is 0.686. The second-order valence-corrected chi connectivity index (χ2v) is 3.85. The lowest BCUT2D eigenvalue weighted by molar-refractivity contribution is 0.646. The molecule has 0 radical (unpaired) electrons. The van der Waals surface area contributed by atoms with E-state index >= 15 is 0 Å². The van der Waals surface area contributed by atoms with Crippen molar-refractivity contribution in [2.45, 2.75) is 27.2 Å². The molecule has 0 saturated heterocycles. The third-order valence-electron chi connectivity index (χ3n) is 1.77. The van der Waals surface area contributed by atoms with Gasteiger partial charge in [-0.1, -0.05) is 25.4 Å². The number of pyridine rings is 1. The van der Waals surface area contributed by atoms with Crippen LogP contribution in [0.4, 0.5) is 0 Å². The van der Waals surface area contributed by atoms with Gasteiger partial charge in [-0.3, -0.25) is 4.98 Å². The zero-order chi connectivity index (χ0) is 9.14. The summed E-state index contributed by atoms with van der Waals surface area (Å²) in [6.07, 6.45) is 2.85. The van der Waals surface area contributed by atoms with Gasteiger partial charge in [0.2, 0.25) is 0 Å². The van der Waals surface area contributed by atoms with Crippen LogP contribution in [0.2, 0.25) is 5.02 Å². The fraction of sp³-hybridized carbons (Fsp3) is 0.500. The van der Waals surface area contributed by atoms with E-state index in [1.807, 2.05) is 19.2 Å². The number of hydrogen-bond acceptors (Lipinski definition) is 1. The van der Waals surface area contributed by atoms with E-state index in [9.17, 15) is 0 Å². The van der Waals surface area contributed by atoms with E-state index in [-0.39, 0.29) is 0 Å². The van der Waals surface area contributed by atoms with Crippen molar-refractivity contribution < 1.29 is 0 Å². The van der Waals surface area contributed by atoms with Crippen molar-refractivity contribution in [2.24, 2.45) is 5.92 Å². The highest BCUT2D eigenvalue weighted by atomic mass is 35.5. The largest absolute Gasteiger partial charge is 0.260 e. The summed E-state index contributed by atoms with van der Waals surface area (Å²) >= 11 is 6.07. The van der Waals surface area contributed by atoms with Crippen LogP contribution in [0.15, 0.2) is 12.3 Å². The highest BCUT2D eigenvalue weighted by Crippen LogP contribution is 2.20. The first-order chi connectivity index (χ1) is 5.61. The second-order valence-electron chi connectivity index (χ2n) is 3.47. The summed E-state index contributed by atoms with van der Waals surface area (Å²) in [5.74, 6) is 0.643. The van der Waals surface area contributed by atoms with Gasteiger partial charge in [-0.15, -0.1) is 0 Å². The lowest BCUT2D eigenvalue weighted by atomic mass is 10.0. The summed E-state index contributed by atoms with van der Waals surface area (Å²) in [6.45, 7) is 6.31. The second kappa shape index (κ2) is 3.90. The Kier molecular flexibility index (Phi) is 3.10. The summed E-state index contributed by atoms with van der Waals surface area (Å²) < 4.78 is 0. The van der Waals surface area contributed by atoms with Crippen LogP contribution >= 0.6 is 11.6 Å². The van der Waals surface area contributed by atoms with Gasteiger partial charge in [-0.25, -0.2) is 0 Å². The first kappa shape index (κ1) is 9.53. The molecule has 0 fully saturated rings. The molecule has 2 heteroatoms. The molecule has 12 heavy (non-hydrogen) atoms. The first-order valence-electron chi connectivity index (χ1n) is 4.21. The van der Waals surface area contributed by atoms with Crippen LogP contribution in [0.5, 0.6) is 0 Å². The molecule has 1 heterocycles. The molecule has 66 valence electrons. The van der Waals surface area contributed by atoms with Gasteiger partial charge in [-0.05, 0) is 30.9 Å². The van der Waals surface area contributed by atoms with E-state index in [0.717, 1.165) is 17.1 Å². The lowest BCUT2D eigenvalue weighted by Crippen LogP contribution is -1.96. The molecule has 1 nitrogen and oxygen atoms in total. The Morgan fingerprint density at radius 2 is 2.17 bits per heavy atom. The van der Waals surface area contributed by atoms with E-state index in [2.05, 4.69) is 18.8 Å². The van der Waals surface area contributed by atoms with Gasteiger partial charge in [0.1, 0.15) is 0 Å². The third kappa shape index (κ3) is 2.21. The summed E-state index contributed by atoms with van der Waals surface area (Å²) in [5.41, 5.74) is 2.13. The molecule has 0 aliphatic rings. The Balaban J connectivity index is 2.92. The van der Waals surface area contributed by atoms with Gasteiger partial charge in [0, 0.05) is 6.20 Å². The zero-order valence-corrected chi connectivity index (χ0v) is 8.52. The molecule has 0 spiro atoms. The predicted molar refractivity (Wildman–Crippen MR) is 52.5 cm³/mol. The summed E-state index contributed by atoms with van der Waals surface area (Å²) in [7, 11) is 0. The average Bonchev–Trinajstić information content (AvgIpc) is 1.98. The molecule has 1 rings (SSSR count). The van der Waals surface area contributed by atoms with Crippen molar-refractivity contribution in [1.82, 2.24) is 4.98 Å². The molecule has 0 atom stereocenters. The van der Waals surface area contributed by atoms with Crippen LogP contribution in [-0.4, -0.2) is 4.98 Å². The molecule has 0 saturated carbocycles. The van der Waals surface area contributed by atoms with Crippen molar-refractivity contribution in [1.29, 1.82) is 0 Å². The number of hydrogen-bond donors (Lipinski definition) is 0. The maximum absolute atomic E-state index is 6.07. The molecule has 0 aromatic carbocycles. The van der Waals surface area contributed by atoms with Crippen molar-refractivity contribution in [2.75, 3.05) is 0 Å². The van der Waals surface area contributed by atoms with E-state index in [0.29, 0.717) is 5.92 Å². The summed E-state index contributed by atoms with van der Waals surface area (Å²) in [4.78, 5) is 4.11. The molecule has 0 aliphatic carbocycles. The molecule has 0 bridgehead atoms. The molecular formula is C10H14ClN. The van der Waals surface area contributed by atoms with Crippen LogP contribution in [-0.2, 0) is 6.42 Å². The fourth-order valence-electron chi connectivity index (χ4n) is 1.20. The smallest absolute Gasteiger partial charge is 0.0650 e. The van der Waals surface area contributed by atoms with Gasteiger partial charge >= 0.3 is 0 Å². The highest BCUT2D eigenvalue weighted by molar-refractivity contribution is 6.31. The molecule has 0 amide bonds. The molecule has 1 aromatic rings. The Morgan fingerprint density at radius 1 is 1.50 bits per heavy atom. The maximum Gasteiger partial charge on any atom is 0.0650 e. The fourth-order valence-corrected chi connectivity index (χ4v) is 1.39. The monoisotopic (exact) mass is 183 g/mol. The Labute approximate surface area is 78.8 Å².